The number of aliphatic hydroxyl groups excluding tert-OH is 1. The molecule has 0 aliphatic heterocycles. The fourth-order valence-electron chi connectivity index (χ4n) is 25.0. The molecule has 684 valence electrons. The van der Waals surface area contributed by atoms with Crippen LogP contribution in [0.15, 0.2) is 156 Å². The molecule has 35 aliphatic rings. The lowest BCUT2D eigenvalue weighted by molar-refractivity contribution is -0.117. The van der Waals surface area contributed by atoms with Gasteiger partial charge >= 0.3 is 0 Å². The molecule has 0 aromatic heterocycles. The van der Waals surface area contributed by atoms with Crippen molar-refractivity contribution in [2.45, 2.75) is 413 Å². The molecule has 0 spiro atoms. The molecule has 0 atom stereocenters. The SMILES string of the molecule is CCC1=C2CCCCC3=C4CCCCC5=C6CCCCC7=C8CCCCC9=C%10CCCCC%11=C%12CCCCc%13c%14c(CO)c(c(c%13OC)CCCCC%13=C(CC)C(=O)C(=C(CC)C%13=O)CCCC%14)CCCCC(=C(CCCCC(=C(CCCCC(=C(CCCCC(=C(CCCCC(=C(CCCCC(=C(C)C2=O)C1=O)C4=O)C3=O)C6=O)C5=O)C8=O)C7=O)C%10=O)C9=O)C%12=O)C%11=O. The second-order valence-electron chi connectivity index (χ2n) is 39.2. The van der Waals surface area contributed by atoms with Crippen LogP contribution in [0.5, 0.6) is 5.75 Å². The Morgan fingerprint density at radius 1 is 0.186 bits per heavy atom. The molecule has 0 radical (unpaired) electrons. The number of ether oxygens (including phenoxy) is 1. The number of carbonyl (C=O) groups excluding carboxylic acids is 14. The van der Waals surface area contributed by atoms with Crippen LogP contribution in [-0.4, -0.2) is 93.2 Å². The first kappa shape index (κ1) is 94.4. The first-order chi connectivity index (χ1) is 62.7. The molecule has 0 fully saturated rings. The summed E-state index contributed by atoms with van der Waals surface area (Å²) < 4.78 is 6.54. The van der Waals surface area contributed by atoms with Crippen LogP contribution in [0.4, 0.5) is 0 Å². The number of aliphatic hydroxyl groups is 1. The van der Waals surface area contributed by atoms with Crippen molar-refractivity contribution < 1.29 is 77.0 Å². The highest BCUT2D eigenvalue weighted by Gasteiger charge is 2.43. The Hall–Kier alpha value is -9.28. The minimum atomic E-state index is -0.132. The maximum atomic E-state index is 15.5. The molecule has 0 unspecified atom stereocenters. The Labute approximate surface area is 763 Å². The number of carbonyl (C=O) groups is 14. The fraction of sp³-hybridized carbons (Fsp3) is 0.575. The van der Waals surface area contributed by atoms with Crippen LogP contribution >= 0.6 is 0 Å². The monoisotopic (exact) mass is 1750 g/mol. The summed E-state index contributed by atoms with van der Waals surface area (Å²) in [6, 6.07) is 0. The molecule has 36 rings (SSSR count). The molecule has 35 aliphatic carbocycles. The molecule has 16 nitrogen and oxygen atoms in total. The summed E-state index contributed by atoms with van der Waals surface area (Å²) in [5.74, 6) is 0.128. The van der Waals surface area contributed by atoms with Crippen LogP contribution in [-0.2, 0) is 99.4 Å². The number of hydrogen-bond donors (Lipinski definition) is 1. The number of Topliss-reactive ketones (excluding diaryl/α,β-unsaturated/α-hetero) is 14. The van der Waals surface area contributed by atoms with Gasteiger partial charge in [0.15, 0.2) is 81.0 Å². The molecule has 0 saturated carbocycles. The van der Waals surface area contributed by atoms with E-state index in [2.05, 4.69) is 0 Å². The molecule has 1 aromatic carbocycles. The summed E-state index contributed by atoms with van der Waals surface area (Å²) in [6.07, 6.45) is 28.8. The predicted molar refractivity (Wildman–Crippen MR) is 499 cm³/mol. The van der Waals surface area contributed by atoms with E-state index in [9.17, 15) is 24.3 Å². The van der Waals surface area contributed by atoms with Gasteiger partial charge in [0.1, 0.15) is 5.75 Å². The zero-order chi connectivity index (χ0) is 90.8. The highest BCUT2D eigenvalue weighted by molar-refractivity contribution is 6.30. The number of hydrogen-bond acceptors (Lipinski definition) is 16. The fourth-order valence-corrected chi connectivity index (χ4v) is 25.0. The van der Waals surface area contributed by atoms with Gasteiger partial charge < -0.3 is 9.84 Å². The maximum absolute atomic E-state index is 15.5. The number of rotatable bonds is 5. The van der Waals surface area contributed by atoms with E-state index in [0.717, 1.165) is 46.4 Å². The third-order valence-corrected chi connectivity index (χ3v) is 31.8. The first-order valence-electron chi connectivity index (χ1n) is 50.7. The van der Waals surface area contributed by atoms with Gasteiger partial charge in [-0.1, -0.05) is 20.8 Å². The van der Waals surface area contributed by atoms with Crippen molar-refractivity contribution in [2.75, 3.05) is 7.11 Å². The highest BCUT2D eigenvalue weighted by atomic mass is 16.5. The Bertz CT molecular complexity index is 5250. The topological polar surface area (TPSA) is 268 Å². The van der Waals surface area contributed by atoms with Gasteiger partial charge in [0, 0.05) is 156 Å². The molecule has 129 heavy (non-hydrogen) atoms. The second kappa shape index (κ2) is 42.9. The van der Waals surface area contributed by atoms with E-state index < -0.39 is 0 Å². The van der Waals surface area contributed by atoms with Gasteiger partial charge in [-0.3, -0.25) is 67.1 Å². The lowest BCUT2D eigenvalue weighted by Gasteiger charge is -2.28. The highest BCUT2D eigenvalue weighted by Crippen LogP contribution is 2.48. The van der Waals surface area contributed by atoms with Gasteiger partial charge in [0.05, 0.1) is 13.7 Å². The summed E-state index contributed by atoms with van der Waals surface area (Å²) >= 11 is 0. The van der Waals surface area contributed by atoms with E-state index in [1.165, 1.54) is 0 Å². The van der Waals surface area contributed by atoms with Crippen molar-refractivity contribution in [3.63, 3.8) is 0 Å². The lowest BCUT2D eigenvalue weighted by atomic mass is 9.73. The molecule has 0 saturated heterocycles. The van der Waals surface area contributed by atoms with Crippen molar-refractivity contribution in [3.8, 4) is 5.75 Å². The maximum Gasteiger partial charge on any atom is 0.185 e. The average Bonchev–Trinajstić information content (AvgIpc) is 0.744. The van der Waals surface area contributed by atoms with E-state index in [-0.39, 0.29) is 87.6 Å². The molecule has 0 heterocycles. The average molecular weight is 1750 g/mol. The third-order valence-electron chi connectivity index (χ3n) is 31.8. The zero-order valence-corrected chi connectivity index (χ0v) is 78.0. The van der Waals surface area contributed by atoms with Gasteiger partial charge in [-0.25, -0.2) is 0 Å². The number of methoxy groups -OCH3 is 1. The molecule has 0 amide bonds. The van der Waals surface area contributed by atoms with Crippen molar-refractivity contribution in [2.24, 2.45) is 0 Å². The summed E-state index contributed by atoms with van der Waals surface area (Å²) in [6.45, 7) is 7.52. The summed E-state index contributed by atoms with van der Waals surface area (Å²) in [5, 5.41) is 11.6. The zero-order valence-electron chi connectivity index (χ0n) is 78.0. The molecular formula is C113H136O16. The summed E-state index contributed by atoms with van der Waals surface area (Å²) in [5.41, 5.74) is 21.1. The molecule has 16 heteroatoms. The molecule has 1 N–H and O–H groups in total. The summed E-state index contributed by atoms with van der Waals surface area (Å²) in [4.78, 5) is 210. The lowest BCUT2D eigenvalue weighted by Crippen LogP contribution is -2.27. The first-order valence-corrected chi connectivity index (χ1v) is 50.7. The van der Waals surface area contributed by atoms with E-state index in [1.54, 1.807) is 14.0 Å². The Balaban J connectivity index is 0.664. The van der Waals surface area contributed by atoms with Crippen LogP contribution < -0.4 is 4.74 Å². The van der Waals surface area contributed by atoms with Crippen LogP contribution in [0.2, 0.25) is 0 Å². The van der Waals surface area contributed by atoms with Gasteiger partial charge in [-0.2, -0.15) is 0 Å². The standard InChI is InChI=1S/C113H136O16/c1-6-67-73-40-15-16-45-78-81-48-21-22-51-84-87-54-27-28-57-90-91-58-29-30-59-92-93-60-31-32-61-94-95-62-34-36-64-97-71-38-10-13-41-74-68(7-2)102(118)75(69(8-3)101(74)117)42-33-35-63-96(113(97)129-5)72(98(71)65-114)39-11-14-44-77(104(94)120)80(112(95)128)47-18-20-50-83(107(92)123)86(111(93)127)53-24-26-56-89(110(90)126)88(109(91)125)55-25-23-52-85(108(84)124)82(106(87)122)49-19-17-46-79(105(78)121)76(103(81)119)43-12-9-37-70(100(67)116)66(4)99(73)115/h114H,6-65H2,1-5H3. The van der Waals surface area contributed by atoms with Gasteiger partial charge in [-0.05, 0) is 414 Å². The normalized spacial score (nSPS) is 23.8. The second-order valence-corrected chi connectivity index (χ2v) is 39.2. The van der Waals surface area contributed by atoms with Crippen molar-refractivity contribution in [1.82, 2.24) is 0 Å². The minimum Gasteiger partial charge on any atom is -0.496 e. The van der Waals surface area contributed by atoms with Gasteiger partial charge in [0.25, 0.3) is 0 Å². The molecule has 1 aromatic rings. The van der Waals surface area contributed by atoms with Crippen LogP contribution in [0.1, 0.15) is 409 Å². The van der Waals surface area contributed by atoms with Crippen molar-refractivity contribution in [1.29, 1.82) is 0 Å². The van der Waals surface area contributed by atoms with Crippen molar-refractivity contribution >= 4 is 81.0 Å². The molecule has 28 bridgehead atoms. The van der Waals surface area contributed by atoms with E-state index >= 15 is 47.9 Å². The number of ketones is 14. The Kier molecular flexibility index (Phi) is 31.4. The van der Waals surface area contributed by atoms with E-state index in [0.29, 0.717) is 522 Å². The van der Waals surface area contributed by atoms with Crippen LogP contribution in [0.3, 0.4) is 0 Å². The van der Waals surface area contributed by atoms with Gasteiger partial charge in [-0.15, -0.1) is 0 Å². The smallest absolute Gasteiger partial charge is 0.185 e. The number of allylic oxidation sites excluding steroid dienone is 28. The van der Waals surface area contributed by atoms with E-state index in [1.807, 2.05) is 20.8 Å². The van der Waals surface area contributed by atoms with Gasteiger partial charge in [0.2, 0.25) is 0 Å². The minimum absolute atomic E-state index is 0.0342. The van der Waals surface area contributed by atoms with Crippen LogP contribution in [0, 0.1) is 0 Å². The van der Waals surface area contributed by atoms with Crippen molar-refractivity contribution in [3.05, 3.63) is 184 Å². The number of benzene rings is 1. The predicted octanol–water partition coefficient (Wildman–Crippen LogP) is 23.2. The Morgan fingerprint density at radius 3 is 0.488 bits per heavy atom. The quantitative estimate of drug-likeness (QED) is 0.268. The Morgan fingerprint density at radius 2 is 0.326 bits per heavy atom. The summed E-state index contributed by atoms with van der Waals surface area (Å²) in [7, 11) is 1.75. The van der Waals surface area contributed by atoms with Crippen LogP contribution in [0.25, 0.3) is 0 Å². The van der Waals surface area contributed by atoms with E-state index in [4.69, 9.17) is 4.74 Å². The largest absolute Gasteiger partial charge is 0.496 e. The third kappa shape index (κ3) is 19.1. The molecular weight excluding hydrogens is 1610 g/mol.